The predicted octanol–water partition coefficient (Wildman–Crippen LogP) is 3.49. The monoisotopic (exact) mass is 360 g/mol. The number of carbonyl (C=O) groups is 2. The highest BCUT2D eigenvalue weighted by Crippen LogP contribution is 2.23. The maximum Gasteiger partial charge on any atom is 0.255 e. The van der Waals surface area contributed by atoms with Gasteiger partial charge < -0.3 is 15.0 Å². The molecule has 1 aromatic rings. The van der Waals surface area contributed by atoms with Gasteiger partial charge in [0.1, 0.15) is 5.75 Å². The van der Waals surface area contributed by atoms with Crippen LogP contribution in [0, 0.1) is 11.8 Å². The average molecular weight is 360 g/mol. The maximum absolute atomic E-state index is 12.3. The first kappa shape index (κ1) is 20.3. The van der Waals surface area contributed by atoms with Crippen LogP contribution in [0.25, 0.3) is 0 Å². The summed E-state index contributed by atoms with van der Waals surface area (Å²) in [6.45, 7) is 10.2. The minimum absolute atomic E-state index is 0.0864. The number of nitrogens with zero attached hydrogens (tertiary/aromatic N) is 1. The van der Waals surface area contributed by atoms with Crippen molar-refractivity contribution in [2.45, 2.75) is 53.0 Å². The molecular formula is C21H32N2O3. The van der Waals surface area contributed by atoms with Gasteiger partial charge in [-0.25, -0.2) is 0 Å². The van der Waals surface area contributed by atoms with Gasteiger partial charge in [0.15, 0.2) is 0 Å². The quantitative estimate of drug-likeness (QED) is 0.810. The molecule has 0 aromatic heterocycles. The van der Waals surface area contributed by atoms with E-state index >= 15 is 0 Å². The molecule has 2 rings (SSSR count). The van der Waals surface area contributed by atoms with Gasteiger partial charge in [-0.3, -0.25) is 9.59 Å². The second-order valence-electron chi connectivity index (χ2n) is 7.86. The summed E-state index contributed by atoms with van der Waals surface area (Å²) in [7, 11) is 0. The molecule has 1 heterocycles. The molecule has 0 bridgehead atoms. The van der Waals surface area contributed by atoms with Gasteiger partial charge in [-0.15, -0.1) is 0 Å². The molecule has 1 aliphatic rings. The summed E-state index contributed by atoms with van der Waals surface area (Å²) < 4.78 is 5.98. The number of ether oxygens (including phenoxy) is 1. The van der Waals surface area contributed by atoms with Crippen molar-refractivity contribution >= 4 is 11.8 Å². The third-order valence-corrected chi connectivity index (χ3v) is 4.58. The molecule has 0 saturated carbocycles. The van der Waals surface area contributed by atoms with E-state index in [-0.39, 0.29) is 17.9 Å². The largest absolute Gasteiger partial charge is 0.492 e. The Labute approximate surface area is 157 Å². The lowest BCUT2D eigenvalue weighted by Gasteiger charge is -2.32. The highest BCUT2D eigenvalue weighted by molar-refractivity contribution is 5.97. The molecule has 1 aliphatic heterocycles. The van der Waals surface area contributed by atoms with Crippen molar-refractivity contribution in [3.63, 3.8) is 0 Å². The Kier molecular flexibility index (Phi) is 7.49. The molecule has 1 fully saturated rings. The van der Waals surface area contributed by atoms with E-state index in [1.165, 1.54) is 0 Å². The van der Waals surface area contributed by atoms with Gasteiger partial charge in [0.05, 0.1) is 12.2 Å². The lowest BCUT2D eigenvalue weighted by atomic mass is 9.97. The molecule has 0 atom stereocenters. The van der Waals surface area contributed by atoms with E-state index in [2.05, 4.69) is 19.2 Å². The van der Waals surface area contributed by atoms with E-state index in [1.54, 1.807) is 6.07 Å². The molecule has 0 spiro atoms. The fourth-order valence-corrected chi connectivity index (χ4v) is 3.16. The van der Waals surface area contributed by atoms with Crippen LogP contribution in [0.2, 0.25) is 0 Å². The first-order chi connectivity index (χ1) is 12.4. The van der Waals surface area contributed by atoms with Crippen molar-refractivity contribution in [3.05, 3.63) is 29.8 Å². The van der Waals surface area contributed by atoms with Gasteiger partial charge in [-0.2, -0.15) is 0 Å². The van der Waals surface area contributed by atoms with Crippen LogP contribution in [0.3, 0.4) is 0 Å². The number of likely N-dealkylation sites (tertiary alicyclic amines) is 1. The van der Waals surface area contributed by atoms with Crippen molar-refractivity contribution in [3.8, 4) is 5.75 Å². The van der Waals surface area contributed by atoms with Gasteiger partial charge in [0.2, 0.25) is 5.91 Å². The summed E-state index contributed by atoms with van der Waals surface area (Å²) >= 11 is 0. The SMILES string of the molecule is CC(C)CC(=O)N1CCC(COc2ccccc2C(=O)NC(C)C)CC1. The van der Waals surface area contributed by atoms with E-state index in [9.17, 15) is 9.59 Å². The van der Waals surface area contributed by atoms with Crippen molar-refractivity contribution in [2.75, 3.05) is 19.7 Å². The Balaban J connectivity index is 1.85. The lowest BCUT2D eigenvalue weighted by Crippen LogP contribution is -2.40. The van der Waals surface area contributed by atoms with Crippen LogP contribution in [0.15, 0.2) is 24.3 Å². The minimum atomic E-state index is -0.107. The van der Waals surface area contributed by atoms with Crippen molar-refractivity contribution in [1.82, 2.24) is 10.2 Å². The summed E-state index contributed by atoms with van der Waals surface area (Å²) in [4.78, 5) is 26.4. The molecular weight excluding hydrogens is 328 g/mol. The zero-order valence-electron chi connectivity index (χ0n) is 16.5. The predicted molar refractivity (Wildman–Crippen MR) is 103 cm³/mol. The van der Waals surface area contributed by atoms with Crippen LogP contribution in [-0.2, 0) is 4.79 Å². The van der Waals surface area contributed by atoms with E-state index in [0.717, 1.165) is 25.9 Å². The van der Waals surface area contributed by atoms with Crippen LogP contribution in [0.4, 0.5) is 0 Å². The summed E-state index contributed by atoms with van der Waals surface area (Å²) in [5.41, 5.74) is 0.575. The minimum Gasteiger partial charge on any atom is -0.492 e. The molecule has 2 amide bonds. The summed E-state index contributed by atoms with van der Waals surface area (Å²) in [5, 5.41) is 2.91. The Morgan fingerprint density at radius 3 is 2.42 bits per heavy atom. The van der Waals surface area contributed by atoms with Crippen LogP contribution in [-0.4, -0.2) is 42.5 Å². The third kappa shape index (κ3) is 6.04. The number of benzene rings is 1. The van der Waals surface area contributed by atoms with Crippen molar-refractivity contribution in [1.29, 1.82) is 0 Å². The molecule has 5 heteroatoms. The van der Waals surface area contributed by atoms with Crippen LogP contribution >= 0.6 is 0 Å². The molecule has 1 aromatic carbocycles. The van der Waals surface area contributed by atoms with Crippen molar-refractivity contribution < 1.29 is 14.3 Å². The molecule has 144 valence electrons. The maximum atomic E-state index is 12.3. The summed E-state index contributed by atoms with van der Waals surface area (Å²) in [6.07, 6.45) is 2.52. The van der Waals surface area contributed by atoms with Gasteiger partial charge in [-0.1, -0.05) is 26.0 Å². The lowest BCUT2D eigenvalue weighted by molar-refractivity contribution is -0.133. The molecule has 0 aliphatic carbocycles. The number of amides is 2. The van der Waals surface area contributed by atoms with E-state index < -0.39 is 0 Å². The second kappa shape index (κ2) is 9.60. The number of piperidine rings is 1. The third-order valence-electron chi connectivity index (χ3n) is 4.58. The Morgan fingerprint density at radius 2 is 1.81 bits per heavy atom. The number of carbonyl (C=O) groups excluding carboxylic acids is 2. The topological polar surface area (TPSA) is 58.6 Å². The molecule has 1 saturated heterocycles. The molecule has 0 unspecified atom stereocenters. The molecule has 26 heavy (non-hydrogen) atoms. The fourth-order valence-electron chi connectivity index (χ4n) is 3.16. The first-order valence-corrected chi connectivity index (χ1v) is 9.67. The average Bonchev–Trinajstić information content (AvgIpc) is 2.59. The van der Waals surface area contributed by atoms with E-state index in [0.29, 0.717) is 36.2 Å². The van der Waals surface area contributed by atoms with Crippen LogP contribution in [0.1, 0.15) is 57.3 Å². The Bertz CT molecular complexity index is 605. The van der Waals surface area contributed by atoms with Crippen molar-refractivity contribution in [2.24, 2.45) is 11.8 Å². The second-order valence-corrected chi connectivity index (χ2v) is 7.86. The zero-order chi connectivity index (χ0) is 19.1. The smallest absolute Gasteiger partial charge is 0.255 e. The number of para-hydroxylation sites is 1. The van der Waals surface area contributed by atoms with Gasteiger partial charge in [0, 0.05) is 25.6 Å². The highest BCUT2D eigenvalue weighted by Gasteiger charge is 2.24. The van der Waals surface area contributed by atoms with Crippen LogP contribution in [0.5, 0.6) is 5.75 Å². The number of rotatable bonds is 7. The van der Waals surface area contributed by atoms with Gasteiger partial charge in [0.25, 0.3) is 5.91 Å². The first-order valence-electron chi connectivity index (χ1n) is 9.67. The van der Waals surface area contributed by atoms with E-state index in [1.807, 2.05) is 36.9 Å². The zero-order valence-corrected chi connectivity index (χ0v) is 16.5. The van der Waals surface area contributed by atoms with Gasteiger partial charge in [-0.05, 0) is 50.7 Å². The number of hydrogen-bond acceptors (Lipinski definition) is 3. The molecule has 5 nitrogen and oxygen atoms in total. The van der Waals surface area contributed by atoms with E-state index in [4.69, 9.17) is 4.74 Å². The highest BCUT2D eigenvalue weighted by atomic mass is 16.5. The fraction of sp³-hybridized carbons (Fsp3) is 0.619. The van der Waals surface area contributed by atoms with Crippen LogP contribution < -0.4 is 10.1 Å². The standard InChI is InChI=1S/C21H32N2O3/c1-15(2)13-20(24)23-11-9-17(10-12-23)14-26-19-8-6-5-7-18(19)21(25)22-16(3)4/h5-8,15-17H,9-14H2,1-4H3,(H,22,25). The van der Waals surface area contributed by atoms with Gasteiger partial charge >= 0.3 is 0 Å². The normalized spacial score (nSPS) is 15.4. The number of nitrogens with one attached hydrogen (secondary N) is 1. The molecule has 0 radical (unpaired) electrons. The summed E-state index contributed by atoms with van der Waals surface area (Å²) in [5.74, 6) is 1.60. The Morgan fingerprint density at radius 1 is 1.15 bits per heavy atom. The Hall–Kier alpha value is -2.04. The summed E-state index contributed by atoms with van der Waals surface area (Å²) in [6, 6.07) is 7.45. The molecule has 1 N–H and O–H groups in total. The number of hydrogen-bond donors (Lipinski definition) is 1.